The highest BCUT2D eigenvalue weighted by Gasteiger charge is 2.15. The van der Waals surface area contributed by atoms with Gasteiger partial charge in [0.2, 0.25) is 0 Å². The van der Waals surface area contributed by atoms with Gasteiger partial charge in [0.05, 0.1) is 5.92 Å². The van der Waals surface area contributed by atoms with Crippen molar-refractivity contribution in [1.29, 1.82) is 0 Å². The van der Waals surface area contributed by atoms with Crippen LogP contribution in [-0.2, 0) is 9.53 Å². The Hall–Kier alpha value is -0.610. The number of aliphatic carboxylic acids is 1. The van der Waals surface area contributed by atoms with Crippen molar-refractivity contribution >= 4 is 5.97 Å². The zero-order valence-electron chi connectivity index (χ0n) is 11.4. The molecule has 0 fully saturated rings. The van der Waals surface area contributed by atoms with Crippen LogP contribution in [0.1, 0.15) is 39.5 Å². The lowest BCUT2D eigenvalue weighted by Crippen LogP contribution is -2.26. The largest absolute Gasteiger partial charge is 0.481 e. The minimum absolute atomic E-state index is 0.292. The number of hydrogen-bond acceptors (Lipinski definition) is 3. The van der Waals surface area contributed by atoms with E-state index in [1.54, 1.807) is 7.05 Å². The summed E-state index contributed by atoms with van der Waals surface area (Å²) in [5, 5.41) is 11.8. The molecule has 0 aromatic rings. The molecule has 0 spiro atoms. The van der Waals surface area contributed by atoms with Gasteiger partial charge in [-0.25, -0.2) is 0 Å². The van der Waals surface area contributed by atoms with E-state index < -0.39 is 5.97 Å². The molecular weight excluding hydrogens is 218 g/mol. The molecular formula is C13H27NO3. The predicted octanol–water partition coefficient (Wildman–Crippen LogP) is 2.14. The molecule has 17 heavy (non-hydrogen) atoms. The predicted molar refractivity (Wildman–Crippen MR) is 69.2 cm³/mol. The lowest BCUT2D eigenvalue weighted by atomic mass is 10.0. The van der Waals surface area contributed by atoms with Gasteiger partial charge in [0.25, 0.3) is 0 Å². The summed E-state index contributed by atoms with van der Waals surface area (Å²) in [6.07, 6.45) is 3.79. The van der Waals surface area contributed by atoms with E-state index in [1.807, 2.05) is 0 Å². The molecule has 0 radical (unpaired) electrons. The summed E-state index contributed by atoms with van der Waals surface area (Å²) in [6.45, 7) is 6.40. The summed E-state index contributed by atoms with van der Waals surface area (Å²) in [5.74, 6) is -0.288. The Morgan fingerprint density at radius 2 is 1.82 bits per heavy atom. The van der Waals surface area contributed by atoms with Gasteiger partial charge in [0.15, 0.2) is 0 Å². The minimum Gasteiger partial charge on any atom is -0.481 e. The van der Waals surface area contributed by atoms with E-state index in [2.05, 4.69) is 19.2 Å². The van der Waals surface area contributed by atoms with E-state index in [9.17, 15) is 4.79 Å². The molecule has 0 rings (SSSR count). The van der Waals surface area contributed by atoms with Gasteiger partial charge in [-0.1, -0.05) is 13.8 Å². The maximum absolute atomic E-state index is 10.8. The first-order chi connectivity index (χ1) is 8.07. The SMILES string of the molecule is CNCC(CCCOCCCC(C)C)C(=O)O. The third kappa shape index (κ3) is 10.3. The van der Waals surface area contributed by atoms with Crippen LogP contribution < -0.4 is 5.32 Å². The molecule has 0 bridgehead atoms. The van der Waals surface area contributed by atoms with Gasteiger partial charge < -0.3 is 15.2 Å². The molecule has 102 valence electrons. The van der Waals surface area contributed by atoms with Crippen molar-refractivity contribution in [2.45, 2.75) is 39.5 Å². The Bertz CT molecular complexity index is 195. The van der Waals surface area contributed by atoms with Crippen molar-refractivity contribution in [2.75, 3.05) is 26.8 Å². The second kappa shape index (κ2) is 10.5. The van der Waals surface area contributed by atoms with Crippen LogP contribution in [0.3, 0.4) is 0 Å². The van der Waals surface area contributed by atoms with Crippen molar-refractivity contribution in [2.24, 2.45) is 11.8 Å². The Balaban J connectivity index is 3.39. The van der Waals surface area contributed by atoms with Gasteiger partial charge >= 0.3 is 5.97 Å². The second-order valence-electron chi connectivity index (χ2n) is 4.88. The Morgan fingerprint density at radius 1 is 1.24 bits per heavy atom. The van der Waals surface area contributed by atoms with Crippen LogP contribution in [0.4, 0.5) is 0 Å². The molecule has 0 aliphatic heterocycles. The Kier molecular flexibility index (Phi) is 10.2. The Morgan fingerprint density at radius 3 is 2.29 bits per heavy atom. The van der Waals surface area contributed by atoms with Gasteiger partial charge in [-0.2, -0.15) is 0 Å². The molecule has 0 saturated heterocycles. The van der Waals surface area contributed by atoms with Crippen LogP contribution in [0.2, 0.25) is 0 Å². The third-order valence-corrected chi connectivity index (χ3v) is 2.71. The fourth-order valence-electron chi connectivity index (χ4n) is 1.69. The first-order valence-electron chi connectivity index (χ1n) is 6.53. The van der Waals surface area contributed by atoms with Crippen LogP contribution in [-0.4, -0.2) is 37.9 Å². The van der Waals surface area contributed by atoms with Crippen molar-refractivity contribution in [3.63, 3.8) is 0 Å². The summed E-state index contributed by atoms with van der Waals surface area (Å²) in [6, 6.07) is 0. The van der Waals surface area contributed by atoms with E-state index in [1.165, 1.54) is 6.42 Å². The first kappa shape index (κ1) is 16.4. The van der Waals surface area contributed by atoms with Crippen LogP contribution in [0, 0.1) is 11.8 Å². The zero-order chi connectivity index (χ0) is 13.1. The Labute approximate surface area is 105 Å². The van der Waals surface area contributed by atoms with Gasteiger partial charge in [-0.05, 0) is 38.6 Å². The molecule has 2 N–H and O–H groups in total. The minimum atomic E-state index is -0.723. The summed E-state index contributed by atoms with van der Waals surface area (Å²) in [5.41, 5.74) is 0. The quantitative estimate of drug-likeness (QED) is 0.548. The molecule has 1 atom stereocenters. The molecule has 0 amide bonds. The van der Waals surface area contributed by atoms with Gasteiger partial charge in [-0.15, -0.1) is 0 Å². The van der Waals surface area contributed by atoms with E-state index in [-0.39, 0.29) is 5.92 Å². The average Bonchev–Trinajstić information content (AvgIpc) is 2.25. The van der Waals surface area contributed by atoms with Gasteiger partial charge in [0, 0.05) is 19.8 Å². The molecule has 0 aliphatic carbocycles. The first-order valence-corrected chi connectivity index (χ1v) is 6.53. The molecule has 4 nitrogen and oxygen atoms in total. The van der Waals surface area contributed by atoms with E-state index in [0.29, 0.717) is 19.6 Å². The lowest BCUT2D eigenvalue weighted by Gasteiger charge is -2.11. The highest BCUT2D eigenvalue weighted by atomic mass is 16.5. The maximum Gasteiger partial charge on any atom is 0.307 e. The van der Waals surface area contributed by atoms with Crippen LogP contribution in [0.5, 0.6) is 0 Å². The third-order valence-electron chi connectivity index (χ3n) is 2.71. The monoisotopic (exact) mass is 245 g/mol. The molecule has 0 heterocycles. The normalized spacial score (nSPS) is 12.9. The summed E-state index contributed by atoms with van der Waals surface area (Å²) in [4.78, 5) is 10.8. The smallest absolute Gasteiger partial charge is 0.307 e. The lowest BCUT2D eigenvalue weighted by molar-refractivity contribution is -0.141. The number of hydrogen-bond donors (Lipinski definition) is 2. The van der Waals surface area contributed by atoms with E-state index in [4.69, 9.17) is 9.84 Å². The van der Waals surface area contributed by atoms with Crippen LogP contribution >= 0.6 is 0 Å². The van der Waals surface area contributed by atoms with Crippen molar-refractivity contribution < 1.29 is 14.6 Å². The van der Waals surface area contributed by atoms with Crippen LogP contribution in [0.25, 0.3) is 0 Å². The molecule has 1 unspecified atom stereocenters. The molecule has 0 aromatic carbocycles. The summed E-state index contributed by atoms with van der Waals surface area (Å²) >= 11 is 0. The fraction of sp³-hybridized carbons (Fsp3) is 0.923. The van der Waals surface area contributed by atoms with Gasteiger partial charge in [0.1, 0.15) is 0 Å². The zero-order valence-corrected chi connectivity index (χ0v) is 11.4. The molecule has 4 heteroatoms. The number of ether oxygens (including phenoxy) is 1. The van der Waals surface area contributed by atoms with Crippen molar-refractivity contribution in [3.8, 4) is 0 Å². The number of nitrogens with one attached hydrogen (secondary N) is 1. The highest BCUT2D eigenvalue weighted by Crippen LogP contribution is 2.07. The molecule has 0 aromatic heterocycles. The number of rotatable bonds is 11. The summed E-state index contributed by atoms with van der Waals surface area (Å²) < 4.78 is 5.48. The van der Waals surface area contributed by atoms with E-state index >= 15 is 0 Å². The maximum atomic E-state index is 10.8. The number of carboxylic acid groups (broad SMARTS) is 1. The molecule has 0 aliphatic rings. The topological polar surface area (TPSA) is 58.6 Å². The summed E-state index contributed by atoms with van der Waals surface area (Å²) in [7, 11) is 1.78. The number of carboxylic acids is 1. The second-order valence-corrected chi connectivity index (χ2v) is 4.88. The average molecular weight is 245 g/mol. The van der Waals surface area contributed by atoms with Crippen molar-refractivity contribution in [1.82, 2.24) is 5.32 Å². The fourth-order valence-corrected chi connectivity index (χ4v) is 1.69. The number of carbonyl (C=O) groups is 1. The standard InChI is InChI=1S/C13H27NO3/c1-11(2)6-4-8-17-9-5-7-12(10-14-3)13(15)16/h11-12,14H,4-10H2,1-3H3,(H,15,16). The van der Waals surface area contributed by atoms with Crippen LogP contribution in [0.15, 0.2) is 0 Å². The van der Waals surface area contributed by atoms with Gasteiger partial charge in [-0.3, -0.25) is 4.79 Å². The van der Waals surface area contributed by atoms with E-state index in [0.717, 1.165) is 25.4 Å². The molecule has 0 saturated carbocycles. The highest BCUT2D eigenvalue weighted by molar-refractivity contribution is 5.70. The van der Waals surface area contributed by atoms with Crippen molar-refractivity contribution in [3.05, 3.63) is 0 Å².